The predicted octanol–water partition coefficient (Wildman–Crippen LogP) is 2.65. The lowest BCUT2D eigenvalue weighted by molar-refractivity contribution is 0.268. The van der Waals surface area contributed by atoms with Crippen LogP contribution in [0.4, 0.5) is 0 Å². The van der Waals surface area contributed by atoms with E-state index in [9.17, 15) is 8.42 Å². The van der Waals surface area contributed by atoms with Crippen molar-refractivity contribution in [3.8, 4) is 5.75 Å². The lowest BCUT2D eigenvalue weighted by Crippen LogP contribution is -2.57. The average molecular weight is 507 g/mol. The Labute approximate surface area is 179 Å². The van der Waals surface area contributed by atoms with E-state index in [1.165, 1.54) is 5.56 Å². The van der Waals surface area contributed by atoms with Crippen molar-refractivity contribution in [2.75, 3.05) is 38.5 Å². The van der Waals surface area contributed by atoms with Gasteiger partial charge in [0.1, 0.15) is 5.75 Å². The summed E-state index contributed by atoms with van der Waals surface area (Å²) in [6.45, 7) is 8.72. The van der Waals surface area contributed by atoms with Crippen LogP contribution in [0.2, 0.25) is 0 Å². The van der Waals surface area contributed by atoms with Gasteiger partial charge in [0.05, 0.1) is 17.1 Å². The molecule has 8 heteroatoms. The minimum Gasteiger partial charge on any atom is -0.493 e. The van der Waals surface area contributed by atoms with Crippen LogP contribution in [0, 0.1) is 0 Å². The fourth-order valence-corrected chi connectivity index (χ4v) is 4.92. The van der Waals surface area contributed by atoms with Gasteiger partial charge in [-0.05, 0) is 38.8 Å². The number of benzene rings is 1. The maximum Gasteiger partial charge on any atom is 0.194 e. The van der Waals surface area contributed by atoms with Crippen molar-refractivity contribution in [1.82, 2.24) is 10.2 Å². The van der Waals surface area contributed by atoms with E-state index in [4.69, 9.17) is 9.73 Å². The zero-order valence-corrected chi connectivity index (χ0v) is 19.4. The molecule has 1 saturated heterocycles. The monoisotopic (exact) mass is 507 g/mol. The summed E-state index contributed by atoms with van der Waals surface area (Å²) < 4.78 is 29.5. The molecule has 0 saturated carbocycles. The molecule has 0 radical (unpaired) electrons. The van der Waals surface area contributed by atoms with Gasteiger partial charge in [0.2, 0.25) is 0 Å². The van der Waals surface area contributed by atoms with Crippen LogP contribution in [0.15, 0.2) is 29.3 Å². The van der Waals surface area contributed by atoms with Gasteiger partial charge in [0, 0.05) is 32.1 Å². The lowest BCUT2D eigenvalue weighted by atomic mass is 9.93. The van der Waals surface area contributed by atoms with Crippen LogP contribution in [0.1, 0.15) is 38.7 Å². The first-order valence-electron chi connectivity index (χ1n) is 9.31. The van der Waals surface area contributed by atoms with Crippen LogP contribution < -0.4 is 10.1 Å². The van der Waals surface area contributed by atoms with Gasteiger partial charge in [-0.1, -0.05) is 18.2 Å². The third-order valence-electron chi connectivity index (χ3n) is 5.22. The second-order valence-electron chi connectivity index (χ2n) is 7.57. The Morgan fingerprint density at radius 1 is 1.37 bits per heavy atom. The number of nitrogens with zero attached hydrogens (tertiary/aromatic N) is 2. The first kappa shape index (κ1) is 22.3. The quantitative estimate of drug-likeness (QED) is 0.387. The number of para-hydroxylation sites is 1. The number of rotatable bonds is 3. The Bertz CT molecular complexity index is 780. The van der Waals surface area contributed by atoms with Crippen molar-refractivity contribution in [3.05, 3.63) is 29.8 Å². The van der Waals surface area contributed by atoms with Gasteiger partial charge in [0.25, 0.3) is 0 Å². The second kappa shape index (κ2) is 8.98. The third-order valence-corrected chi connectivity index (χ3v) is 7.76. The van der Waals surface area contributed by atoms with Gasteiger partial charge in [-0.3, -0.25) is 4.99 Å². The van der Waals surface area contributed by atoms with E-state index in [1.807, 2.05) is 25.1 Å². The van der Waals surface area contributed by atoms with E-state index in [1.54, 1.807) is 13.8 Å². The van der Waals surface area contributed by atoms with Crippen molar-refractivity contribution in [2.24, 2.45) is 4.99 Å². The molecule has 1 aromatic carbocycles. The zero-order chi connectivity index (χ0) is 18.8. The number of aliphatic imine (C=N–C) groups is 1. The molecule has 6 nitrogen and oxygen atoms in total. The molecule has 0 bridgehead atoms. The molecule has 1 atom stereocenters. The number of ether oxygens (including phenoxy) is 1. The fourth-order valence-electron chi connectivity index (χ4n) is 3.55. The van der Waals surface area contributed by atoms with E-state index in [2.05, 4.69) is 16.3 Å². The maximum atomic E-state index is 12.3. The van der Waals surface area contributed by atoms with E-state index < -0.39 is 14.6 Å². The number of fused-ring (bicyclic) bond motifs is 1. The first-order chi connectivity index (χ1) is 12.3. The summed E-state index contributed by atoms with van der Waals surface area (Å²) >= 11 is 0. The Kier molecular flexibility index (Phi) is 7.40. The van der Waals surface area contributed by atoms with Crippen LogP contribution >= 0.6 is 24.0 Å². The number of hydrogen-bond acceptors (Lipinski definition) is 4. The minimum absolute atomic E-state index is 0. The minimum atomic E-state index is -3.06. The number of guanidine groups is 1. The van der Waals surface area contributed by atoms with Crippen molar-refractivity contribution in [1.29, 1.82) is 0 Å². The molecular weight excluding hydrogens is 477 g/mol. The smallest absolute Gasteiger partial charge is 0.194 e. The maximum absolute atomic E-state index is 12.3. The average Bonchev–Trinajstić information content (AvgIpc) is 2.61. The van der Waals surface area contributed by atoms with Crippen molar-refractivity contribution >= 4 is 39.8 Å². The van der Waals surface area contributed by atoms with E-state index in [-0.39, 0.29) is 29.7 Å². The molecule has 1 fully saturated rings. The largest absolute Gasteiger partial charge is 0.493 e. The molecule has 0 spiro atoms. The molecule has 152 valence electrons. The third kappa shape index (κ3) is 4.88. The van der Waals surface area contributed by atoms with Gasteiger partial charge in [0.15, 0.2) is 15.8 Å². The number of sulfone groups is 1. The normalized spacial score (nSPS) is 23.6. The molecule has 1 N–H and O–H groups in total. The molecule has 2 aliphatic heterocycles. The van der Waals surface area contributed by atoms with Crippen LogP contribution in [0.25, 0.3) is 0 Å². The molecule has 0 aromatic heterocycles. The summed E-state index contributed by atoms with van der Waals surface area (Å²) in [6, 6.07) is 8.14. The van der Waals surface area contributed by atoms with Crippen molar-refractivity contribution in [3.63, 3.8) is 0 Å². The number of halogens is 1. The van der Waals surface area contributed by atoms with Gasteiger partial charge in [-0.25, -0.2) is 8.42 Å². The standard InChI is InChI=1S/C19H29N3O3S.HI/c1-4-20-18(22-10-12-26(23,24)19(2,3)14-22)21-13-15-9-11-25-17-8-6-5-7-16(15)17;/h5-8,15H,4,9-14H2,1-3H3,(H,20,21);1H. The summed E-state index contributed by atoms with van der Waals surface area (Å²) in [4.78, 5) is 6.93. The fraction of sp³-hybridized carbons (Fsp3) is 0.632. The highest BCUT2D eigenvalue weighted by molar-refractivity contribution is 14.0. The van der Waals surface area contributed by atoms with Crippen LogP contribution in [0.5, 0.6) is 5.75 Å². The molecule has 1 unspecified atom stereocenters. The SMILES string of the molecule is CCNC(=NCC1CCOc2ccccc21)N1CCS(=O)(=O)C(C)(C)C1.I. The zero-order valence-electron chi connectivity index (χ0n) is 16.3. The highest BCUT2D eigenvalue weighted by Crippen LogP contribution is 2.33. The number of nitrogens with one attached hydrogen (secondary N) is 1. The molecule has 2 heterocycles. The lowest BCUT2D eigenvalue weighted by Gasteiger charge is -2.39. The topological polar surface area (TPSA) is 71.0 Å². The first-order valence-corrected chi connectivity index (χ1v) is 11.0. The molecule has 1 aromatic rings. The molecule has 0 aliphatic carbocycles. The van der Waals surface area contributed by atoms with Crippen molar-refractivity contribution < 1.29 is 13.2 Å². The molecule has 0 amide bonds. The molecule has 27 heavy (non-hydrogen) atoms. The second-order valence-corrected chi connectivity index (χ2v) is 10.3. The highest BCUT2D eigenvalue weighted by Gasteiger charge is 2.41. The summed E-state index contributed by atoms with van der Waals surface area (Å²) in [5.41, 5.74) is 1.21. The summed E-state index contributed by atoms with van der Waals surface area (Å²) in [6.07, 6.45) is 0.944. The Morgan fingerprint density at radius 2 is 2.11 bits per heavy atom. The van der Waals surface area contributed by atoms with Gasteiger partial charge < -0.3 is 15.0 Å². The van der Waals surface area contributed by atoms with Gasteiger partial charge in [-0.15, -0.1) is 24.0 Å². The van der Waals surface area contributed by atoms with E-state index in [0.29, 0.717) is 32.2 Å². The molecule has 3 rings (SSSR count). The molecule has 2 aliphatic rings. The van der Waals surface area contributed by atoms with Gasteiger partial charge in [-0.2, -0.15) is 0 Å². The van der Waals surface area contributed by atoms with Crippen molar-refractivity contribution in [2.45, 2.75) is 37.9 Å². The Morgan fingerprint density at radius 3 is 2.81 bits per heavy atom. The van der Waals surface area contributed by atoms with Gasteiger partial charge >= 0.3 is 0 Å². The highest BCUT2D eigenvalue weighted by atomic mass is 127. The van der Waals surface area contributed by atoms with Crippen LogP contribution in [0.3, 0.4) is 0 Å². The van der Waals surface area contributed by atoms with Crippen LogP contribution in [-0.4, -0.2) is 62.6 Å². The number of hydrogen-bond donors (Lipinski definition) is 1. The van der Waals surface area contributed by atoms with E-state index in [0.717, 1.165) is 24.7 Å². The summed E-state index contributed by atoms with van der Waals surface area (Å²) in [7, 11) is -3.06. The summed E-state index contributed by atoms with van der Waals surface area (Å²) in [5.74, 6) is 2.26. The Hall–Kier alpha value is -1.03. The van der Waals surface area contributed by atoms with E-state index >= 15 is 0 Å². The Balaban J connectivity index is 0.00000261. The summed E-state index contributed by atoms with van der Waals surface area (Å²) in [5, 5.41) is 3.33. The van der Waals surface area contributed by atoms with Crippen LogP contribution in [-0.2, 0) is 9.84 Å². The predicted molar refractivity (Wildman–Crippen MR) is 120 cm³/mol. The molecular formula is C19H30IN3O3S.